The van der Waals surface area contributed by atoms with Crippen LogP contribution in [0.15, 0.2) is 0 Å². The van der Waals surface area contributed by atoms with Gasteiger partial charge < -0.3 is 19.6 Å². The Morgan fingerprint density at radius 3 is 1.87 bits per heavy atom. The number of ether oxygens (including phenoxy) is 2. The lowest BCUT2D eigenvalue weighted by Gasteiger charge is -2.19. The predicted octanol–water partition coefficient (Wildman–Crippen LogP) is 2.66. The molecular weight excluding hydrogens is 304 g/mol. The third kappa shape index (κ3) is 14.7. The summed E-state index contributed by atoms with van der Waals surface area (Å²) in [4.78, 5) is 38.6. The maximum Gasteiger partial charge on any atom is 0.441 e. The van der Waals surface area contributed by atoms with Gasteiger partial charge in [-0.25, -0.2) is 14.4 Å². The van der Waals surface area contributed by atoms with Gasteiger partial charge in [0.05, 0.1) is 0 Å². The molecule has 0 radical (unpaired) electrons. The van der Waals surface area contributed by atoms with Crippen molar-refractivity contribution in [2.45, 2.75) is 72.0 Å². The minimum absolute atomic E-state index is 0.117. The molecule has 134 valence electrons. The van der Waals surface area contributed by atoms with Gasteiger partial charge in [0.2, 0.25) is 0 Å². The lowest BCUT2D eigenvalue weighted by molar-refractivity contribution is -0.150. The second-order valence-corrected chi connectivity index (χ2v) is 6.96. The van der Waals surface area contributed by atoms with E-state index in [9.17, 15) is 14.4 Å². The molecule has 0 bridgehead atoms. The number of hydrogen-bond acceptors (Lipinski definition) is 6. The lowest BCUT2D eigenvalue weighted by Crippen LogP contribution is -2.34. The van der Waals surface area contributed by atoms with E-state index < -0.39 is 29.4 Å². The van der Waals surface area contributed by atoms with Gasteiger partial charge in [-0.3, -0.25) is 0 Å². The van der Waals surface area contributed by atoms with E-state index in [1.807, 2.05) is 5.48 Å². The van der Waals surface area contributed by atoms with Gasteiger partial charge in [0, 0.05) is 13.0 Å². The molecule has 0 rings (SSSR count). The average molecular weight is 332 g/mol. The quantitative estimate of drug-likeness (QED) is 0.456. The van der Waals surface area contributed by atoms with Crippen LogP contribution in [0.25, 0.3) is 0 Å². The summed E-state index contributed by atoms with van der Waals surface area (Å²) < 4.78 is 9.98. The molecule has 0 aliphatic rings. The first-order valence-electron chi connectivity index (χ1n) is 7.54. The Kier molecular flexibility index (Phi) is 8.42. The number of hydrogen-bond donors (Lipinski definition) is 2. The Morgan fingerprint density at radius 2 is 1.35 bits per heavy atom. The van der Waals surface area contributed by atoms with Gasteiger partial charge in [0.15, 0.2) is 0 Å². The third-order valence-electron chi connectivity index (χ3n) is 2.12. The van der Waals surface area contributed by atoms with Crippen LogP contribution in [-0.2, 0) is 19.1 Å². The summed E-state index contributed by atoms with van der Waals surface area (Å²) in [6.07, 6.45) is -0.110. The Hall–Kier alpha value is -1.99. The molecule has 0 aromatic carbocycles. The van der Waals surface area contributed by atoms with E-state index in [2.05, 4.69) is 10.2 Å². The number of nitrogens with one attached hydrogen (secondary N) is 2. The Bertz CT molecular complexity index is 409. The maximum absolute atomic E-state index is 11.4. The van der Waals surface area contributed by atoms with Gasteiger partial charge in [-0.05, 0) is 54.4 Å². The average Bonchev–Trinajstić information content (AvgIpc) is 2.31. The van der Waals surface area contributed by atoms with Crippen LogP contribution >= 0.6 is 0 Å². The molecule has 8 nitrogen and oxygen atoms in total. The van der Waals surface area contributed by atoms with Crippen LogP contribution in [0.2, 0.25) is 0 Å². The maximum atomic E-state index is 11.4. The minimum Gasteiger partial charge on any atom is -0.444 e. The Balaban J connectivity index is 3.68. The van der Waals surface area contributed by atoms with Crippen LogP contribution in [0.5, 0.6) is 0 Å². The predicted molar refractivity (Wildman–Crippen MR) is 83.5 cm³/mol. The molecule has 23 heavy (non-hydrogen) atoms. The molecule has 0 spiro atoms. The standard InChI is InChI=1S/C15H28N2O6/c1-14(2,3)21-12(19)16-10-8-7-9-11(18)23-17-13(20)22-15(4,5)6/h7-10H2,1-6H3,(H,16,19)(H,17,20). The summed E-state index contributed by atoms with van der Waals surface area (Å²) in [5.41, 5.74) is 0.720. The van der Waals surface area contributed by atoms with Crippen LogP contribution < -0.4 is 10.8 Å². The number of unbranched alkanes of at least 4 members (excludes halogenated alkanes) is 1. The highest BCUT2D eigenvalue weighted by molar-refractivity contribution is 5.73. The first-order chi connectivity index (χ1) is 10.4. The van der Waals surface area contributed by atoms with Crippen molar-refractivity contribution in [1.29, 1.82) is 0 Å². The molecule has 0 aromatic heterocycles. The van der Waals surface area contributed by atoms with E-state index in [1.54, 1.807) is 41.5 Å². The second-order valence-electron chi connectivity index (χ2n) is 6.96. The number of rotatable bonds is 5. The SMILES string of the molecule is CC(C)(C)OC(=O)NCCCCC(=O)ONC(=O)OC(C)(C)C. The molecule has 0 fully saturated rings. The van der Waals surface area contributed by atoms with E-state index in [0.717, 1.165) is 0 Å². The van der Waals surface area contributed by atoms with Gasteiger partial charge in [-0.15, -0.1) is 5.48 Å². The van der Waals surface area contributed by atoms with Crippen molar-refractivity contribution in [2.75, 3.05) is 6.54 Å². The van der Waals surface area contributed by atoms with Crippen LogP contribution in [-0.4, -0.2) is 35.9 Å². The molecule has 0 saturated carbocycles. The number of alkyl carbamates (subject to hydrolysis) is 1. The van der Waals surface area contributed by atoms with E-state index in [-0.39, 0.29) is 6.42 Å². The first kappa shape index (κ1) is 21.0. The highest BCUT2D eigenvalue weighted by atomic mass is 16.7. The zero-order chi connectivity index (χ0) is 18.1. The van der Waals surface area contributed by atoms with Crippen molar-refractivity contribution in [3.63, 3.8) is 0 Å². The first-order valence-corrected chi connectivity index (χ1v) is 7.54. The van der Waals surface area contributed by atoms with Crippen molar-refractivity contribution < 1.29 is 28.7 Å². The van der Waals surface area contributed by atoms with E-state index in [4.69, 9.17) is 9.47 Å². The fraction of sp³-hybridized carbons (Fsp3) is 0.800. The molecule has 2 amide bonds. The molecule has 0 aromatic rings. The van der Waals surface area contributed by atoms with Crippen LogP contribution in [0.4, 0.5) is 9.59 Å². The largest absolute Gasteiger partial charge is 0.444 e. The molecule has 0 aliphatic heterocycles. The Morgan fingerprint density at radius 1 is 0.826 bits per heavy atom. The number of carbonyl (C=O) groups is 3. The monoisotopic (exact) mass is 332 g/mol. The van der Waals surface area contributed by atoms with Crippen LogP contribution in [0.3, 0.4) is 0 Å². The number of amides is 2. The van der Waals surface area contributed by atoms with E-state index in [1.165, 1.54) is 0 Å². The summed E-state index contributed by atoms with van der Waals surface area (Å²) in [5, 5.41) is 2.59. The van der Waals surface area contributed by atoms with Crippen LogP contribution in [0, 0.1) is 0 Å². The fourth-order valence-electron chi connectivity index (χ4n) is 1.35. The summed E-state index contributed by atoms with van der Waals surface area (Å²) in [6.45, 7) is 10.8. The smallest absolute Gasteiger partial charge is 0.441 e. The highest BCUT2D eigenvalue weighted by Crippen LogP contribution is 2.07. The van der Waals surface area contributed by atoms with Crippen molar-refractivity contribution in [3.05, 3.63) is 0 Å². The third-order valence-corrected chi connectivity index (χ3v) is 2.12. The Labute approximate surface area is 137 Å². The summed E-state index contributed by atoms with van der Waals surface area (Å²) in [6, 6.07) is 0. The normalized spacial score (nSPS) is 11.4. The zero-order valence-electron chi connectivity index (χ0n) is 14.8. The molecule has 0 saturated heterocycles. The zero-order valence-corrected chi connectivity index (χ0v) is 14.8. The topological polar surface area (TPSA) is 103 Å². The second kappa shape index (κ2) is 9.22. The van der Waals surface area contributed by atoms with Gasteiger partial charge in [0.25, 0.3) is 0 Å². The van der Waals surface area contributed by atoms with Crippen molar-refractivity contribution in [1.82, 2.24) is 10.8 Å². The molecule has 0 atom stereocenters. The molecule has 8 heteroatoms. The molecular formula is C15H28N2O6. The number of hydroxylamine groups is 1. The van der Waals surface area contributed by atoms with Gasteiger partial charge in [-0.1, -0.05) is 0 Å². The van der Waals surface area contributed by atoms with Gasteiger partial charge in [-0.2, -0.15) is 0 Å². The minimum atomic E-state index is -0.822. The summed E-state index contributed by atoms with van der Waals surface area (Å²) in [5.74, 6) is -0.576. The molecule has 2 N–H and O–H groups in total. The van der Waals surface area contributed by atoms with Crippen molar-refractivity contribution in [3.8, 4) is 0 Å². The fourth-order valence-corrected chi connectivity index (χ4v) is 1.35. The summed E-state index contributed by atoms with van der Waals surface area (Å²) in [7, 11) is 0. The van der Waals surface area contributed by atoms with E-state index >= 15 is 0 Å². The van der Waals surface area contributed by atoms with Gasteiger partial charge >= 0.3 is 18.2 Å². The lowest BCUT2D eigenvalue weighted by atomic mass is 10.2. The van der Waals surface area contributed by atoms with Gasteiger partial charge in [0.1, 0.15) is 11.2 Å². The highest BCUT2D eigenvalue weighted by Gasteiger charge is 2.17. The molecule has 0 unspecified atom stereocenters. The van der Waals surface area contributed by atoms with Crippen molar-refractivity contribution in [2.24, 2.45) is 0 Å². The number of carbonyl (C=O) groups excluding carboxylic acids is 3. The van der Waals surface area contributed by atoms with Crippen molar-refractivity contribution >= 4 is 18.2 Å². The van der Waals surface area contributed by atoms with E-state index in [0.29, 0.717) is 19.4 Å². The summed E-state index contributed by atoms with van der Waals surface area (Å²) >= 11 is 0. The molecule has 0 heterocycles. The molecule has 0 aliphatic carbocycles. The van der Waals surface area contributed by atoms with Crippen LogP contribution in [0.1, 0.15) is 60.8 Å².